The van der Waals surface area contributed by atoms with Crippen molar-refractivity contribution in [2.24, 2.45) is 0 Å². The van der Waals surface area contributed by atoms with Crippen LogP contribution in [0.5, 0.6) is 0 Å². The first kappa shape index (κ1) is 26.9. The Balaban J connectivity index is 1.21. The molecule has 2 nitrogen and oxygen atoms in total. The highest BCUT2D eigenvalue weighted by atomic mass is 16.3. The molecule has 0 amide bonds. The average Bonchev–Trinajstić information content (AvgIpc) is 3.78. The zero-order valence-corrected chi connectivity index (χ0v) is 27.2. The molecule has 1 aliphatic carbocycles. The van der Waals surface area contributed by atoms with E-state index in [1.165, 1.54) is 60.5 Å². The van der Waals surface area contributed by atoms with Crippen LogP contribution in [0.25, 0.3) is 98.8 Å². The third kappa shape index (κ3) is 3.50. The summed E-state index contributed by atoms with van der Waals surface area (Å²) in [5, 5.41) is 9.30. The molecule has 0 saturated carbocycles. The van der Waals surface area contributed by atoms with Gasteiger partial charge in [0.2, 0.25) is 0 Å². The number of para-hydroxylation sites is 1. The van der Waals surface area contributed by atoms with Gasteiger partial charge in [0, 0.05) is 21.6 Å². The highest BCUT2D eigenvalue weighted by molar-refractivity contribution is 6.25. The van der Waals surface area contributed by atoms with Crippen molar-refractivity contribution in [2.45, 2.75) is 19.3 Å². The van der Waals surface area contributed by atoms with Gasteiger partial charge in [-0.05, 0) is 96.4 Å². The molecule has 0 fully saturated rings. The van der Waals surface area contributed by atoms with E-state index >= 15 is 0 Å². The molecule has 0 radical (unpaired) electrons. The number of benzene rings is 8. The summed E-state index contributed by atoms with van der Waals surface area (Å²) in [5.41, 5.74) is 13.8. The first-order chi connectivity index (χ1) is 24.1. The van der Waals surface area contributed by atoms with Crippen molar-refractivity contribution >= 4 is 65.4 Å². The summed E-state index contributed by atoms with van der Waals surface area (Å²) < 4.78 is 12.9. The standard InChI is InChI=1S/C47H30O2/c1-47(2)37-19-9-7-16-34(37)44-36(18-11-20-38(44)47)43-31-14-5-3-12-29(31)42(30-13-4-6-15-32(30)43)27-22-23-28-33-24-25-40-45(46(33)49-41(28)26-27)35-17-8-10-21-39(35)48-40/h3-26H,1-2H3. The van der Waals surface area contributed by atoms with Crippen molar-refractivity contribution in [1.29, 1.82) is 0 Å². The molecule has 2 heteroatoms. The second-order valence-electron chi connectivity index (χ2n) is 14.0. The molecule has 0 atom stereocenters. The van der Waals surface area contributed by atoms with Crippen molar-refractivity contribution in [1.82, 2.24) is 0 Å². The highest BCUT2D eigenvalue weighted by Gasteiger charge is 2.37. The summed E-state index contributed by atoms with van der Waals surface area (Å²) in [6.07, 6.45) is 0. The summed E-state index contributed by atoms with van der Waals surface area (Å²) in [7, 11) is 0. The molecule has 0 unspecified atom stereocenters. The van der Waals surface area contributed by atoms with Crippen LogP contribution in [0.1, 0.15) is 25.0 Å². The minimum Gasteiger partial charge on any atom is -0.456 e. The summed E-state index contributed by atoms with van der Waals surface area (Å²) in [4.78, 5) is 0. The Kier molecular flexibility index (Phi) is 5.21. The molecule has 0 N–H and O–H groups in total. The zero-order chi connectivity index (χ0) is 32.4. The lowest BCUT2D eigenvalue weighted by atomic mass is 9.80. The number of hydrogen-bond donors (Lipinski definition) is 0. The van der Waals surface area contributed by atoms with Gasteiger partial charge in [0.25, 0.3) is 0 Å². The fourth-order valence-corrected chi connectivity index (χ4v) is 8.89. The van der Waals surface area contributed by atoms with Gasteiger partial charge in [-0.3, -0.25) is 0 Å². The Hall–Kier alpha value is -6.12. The average molecular weight is 627 g/mol. The first-order valence-corrected chi connectivity index (χ1v) is 17.0. The van der Waals surface area contributed by atoms with Crippen LogP contribution in [-0.2, 0) is 5.41 Å². The minimum absolute atomic E-state index is 0.0657. The first-order valence-electron chi connectivity index (χ1n) is 17.0. The summed E-state index contributed by atoms with van der Waals surface area (Å²) >= 11 is 0. The highest BCUT2D eigenvalue weighted by Crippen LogP contribution is 2.54. The SMILES string of the molecule is CC1(C)c2ccccc2-c2c(-c3c4ccccc4c(-c4ccc5c(c4)oc4c5ccc5oc6ccccc6c54)c4ccccc34)cccc21. The van der Waals surface area contributed by atoms with Crippen LogP contribution < -0.4 is 0 Å². The van der Waals surface area contributed by atoms with E-state index in [-0.39, 0.29) is 5.41 Å². The van der Waals surface area contributed by atoms with Crippen molar-refractivity contribution in [3.05, 3.63) is 157 Å². The maximum absolute atomic E-state index is 6.75. The molecule has 2 aromatic heterocycles. The molecule has 11 rings (SSSR count). The molecular weight excluding hydrogens is 597 g/mol. The molecule has 8 aromatic carbocycles. The Labute approximate surface area is 282 Å². The van der Waals surface area contributed by atoms with E-state index in [1.807, 2.05) is 12.1 Å². The largest absolute Gasteiger partial charge is 0.456 e. The molecule has 0 bridgehead atoms. The van der Waals surface area contributed by atoms with E-state index in [0.29, 0.717) is 0 Å². The molecule has 49 heavy (non-hydrogen) atoms. The van der Waals surface area contributed by atoms with Gasteiger partial charge in [-0.25, -0.2) is 0 Å². The van der Waals surface area contributed by atoms with Crippen LogP contribution in [0.15, 0.2) is 154 Å². The van der Waals surface area contributed by atoms with Gasteiger partial charge < -0.3 is 8.83 Å². The fraction of sp³-hybridized carbons (Fsp3) is 0.0638. The molecule has 230 valence electrons. The van der Waals surface area contributed by atoms with Crippen molar-refractivity contribution in [2.75, 3.05) is 0 Å². The molecule has 0 saturated heterocycles. The second kappa shape index (κ2) is 9.49. The van der Waals surface area contributed by atoms with E-state index in [2.05, 4.69) is 147 Å². The maximum atomic E-state index is 6.75. The molecule has 2 heterocycles. The lowest BCUT2D eigenvalue weighted by Gasteiger charge is -2.22. The van der Waals surface area contributed by atoms with Crippen molar-refractivity contribution in [3.8, 4) is 33.4 Å². The van der Waals surface area contributed by atoms with Gasteiger partial charge in [-0.2, -0.15) is 0 Å². The predicted molar refractivity (Wildman–Crippen MR) is 204 cm³/mol. The van der Waals surface area contributed by atoms with Gasteiger partial charge in [-0.1, -0.05) is 129 Å². The van der Waals surface area contributed by atoms with Crippen molar-refractivity contribution in [3.63, 3.8) is 0 Å². The Bertz CT molecular complexity index is 2970. The van der Waals surface area contributed by atoms with E-state index in [9.17, 15) is 0 Å². The van der Waals surface area contributed by atoms with E-state index in [0.717, 1.165) is 49.4 Å². The molecule has 0 aliphatic heterocycles. The minimum atomic E-state index is -0.0657. The van der Waals surface area contributed by atoms with E-state index < -0.39 is 0 Å². The van der Waals surface area contributed by atoms with Crippen LogP contribution in [0.2, 0.25) is 0 Å². The predicted octanol–water partition coefficient (Wildman–Crippen LogP) is 13.4. The van der Waals surface area contributed by atoms with Gasteiger partial charge in [0.15, 0.2) is 0 Å². The normalized spacial score (nSPS) is 13.7. The third-order valence-corrected chi connectivity index (χ3v) is 11.1. The second-order valence-corrected chi connectivity index (χ2v) is 14.0. The maximum Gasteiger partial charge on any atom is 0.147 e. The summed E-state index contributed by atoms with van der Waals surface area (Å²) in [6, 6.07) is 52.8. The number of fused-ring (bicyclic) bond motifs is 12. The quantitative estimate of drug-likeness (QED) is 0.178. The smallest absolute Gasteiger partial charge is 0.147 e. The number of rotatable bonds is 2. The Morgan fingerprint density at radius 3 is 1.78 bits per heavy atom. The van der Waals surface area contributed by atoms with Gasteiger partial charge in [-0.15, -0.1) is 0 Å². The molecule has 1 aliphatic rings. The fourth-order valence-electron chi connectivity index (χ4n) is 8.89. The third-order valence-electron chi connectivity index (χ3n) is 11.1. The lowest BCUT2D eigenvalue weighted by molar-refractivity contribution is 0.660. The van der Waals surface area contributed by atoms with Gasteiger partial charge in [0.05, 0.1) is 5.39 Å². The van der Waals surface area contributed by atoms with Gasteiger partial charge in [0.1, 0.15) is 22.3 Å². The van der Waals surface area contributed by atoms with Crippen LogP contribution in [-0.4, -0.2) is 0 Å². The van der Waals surface area contributed by atoms with Crippen LogP contribution in [0.4, 0.5) is 0 Å². The number of furan rings is 2. The van der Waals surface area contributed by atoms with E-state index in [4.69, 9.17) is 8.83 Å². The van der Waals surface area contributed by atoms with Crippen LogP contribution in [0.3, 0.4) is 0 Å². The molecule has 10 aromatic rings. The lowest BCUT2D eigenvalue weighted by Crippen LogP contribution is -2.14. The summed E-state index contributed by atoms with van der Waals surface area (Å²) in [6.45, 7) is 4.71. The van der Waals surface area contributed by atoms with Crippen molar-refractivity contribution < 1.29 is 8.83 Å². The Morgan fingerprint density at radius 1 is 0.388 bits per heavy atom. The van der Waals surface area contributed by atoms with Gasteiger partial charge >= 0.3 is 0 Å². The van der Waals surface area contributed by atoms with E-state index in [1.54, 1.807) is 0 Å². The zero-order valence-electron chi connectivity index (χ0n) is 27.2. The van der Waals surface area contributed by atoms with Crippen LogP contribution >= 0.6 is 0 Å². The molecular formula is C47H30O2. The summed E-state index contributed by atoms with van der Waals surface area (Å²) in [5.74, 6) is 0. The molecule has 0 spiro atoms. The topological polar surface area (TPSA) is 26.3 Å². The monoisotopic (exact) mass is 626 g/mol. The Morgan fingerprint density at radius 2 is 1.00 bits per heavy atom. The number of hydrogen-bond acceptors (Lipinski definition) is 2. The van der Waals surface area contributed by atoms with Crippen LogP contribution in [0, 0.1) is 0 Å².